The fourth-order valence-electron chi connectivity index (χ4n) is 3.50. The van der Waals surface area contributed by atoms with E-state index in [1.807, 2.05) is 13.0 Å². The topological polar surface area (TPSA) is 55.1 Å². The Balaban J connectivity index is 2.07. The molecule has 2 rings (SSSR count). The first-order chi connectivity index (χ1) is 10.0. The summed E-state index contributed by atoms with van der Waals surface area (Å²) in [5.41, 5.74) is 6.81. The van der Waals surface area contributed by atoms with Gasteiger partial charge in [-0.1, -0.05) is 56.5 Å². The first-order valence-corrected chi connectivity index (χ1v) is 8.13. The molecule has 1 aromatic rings. The molecular weight excluding hydrogens is 260 g/mol. The first kappa shape index (κ1) is 16.0. The largest absolute Gasteiger partial charge is 0.354 e. The highest BCUT2D eigenvalue weighted by Crippen LogP contribution is 2.40. The molecule has 3 heteroatoms. The van der Waals surface area contributed by atoms with Gasteiger partial charge in [0.1, 0.15) is 0 Å². The summed E-state index contributed by atoms with van der Waals surface area (Å²) in [6.07, 6.45) is 6.40. The average Bonchev–Trinajstić information content (AvgIpc) is 2.96. The summed E-state index contributed by atoms with van der Waals surface area (Å²) in [6.45, 7) is 4.59. The van der Waals surface area contributed by atoms with Gasteiger partial charge in [0.25, 0.3) is 0 Å². The average molecular weight is 288 g/mol. The first-order valence-electron chi connectivity index (χ1n) is 8.13. The van der Waals surface area contributed by atoms with Crippen LogP contribution in [0.1, 0.15) is 57.9 Å². The van der Waals surface area contributed by atoms with Gasteiger partial charge in [0.2, 0.25) is 5.91 Å². The van der Waals surface area contributed by atoms with Crippen molar-refractivity contribution in [2.24, 2.45) is 5.73 Å². The van der Waals surface area contributed by atoms with Crippen molar-refractivity contribution in [2.75, 3.05) is 6.54 Å². The van der Waals surface area contributed by atoms with Gasteiger partial charge in [0, 0.05) is 12.0 Å². The Labute approximate surface area is 128 Å². The van der Waals surface area contributed by atoms with Crippen LogP contribution < -0.4 is 11.1 Å². The Hall–Kier alpha value is -1.35. The summed E-state index contributed by atoms with van der Waals surface area (Å²) in [5.74, 6) is -0.0217. The summed E-state index contributed by atoms with van der Waals surface area (Å²) in [5, 5.41) is 3.13. The third kappa shape index (κ3) is 3.65. The molecule has 0 heterocycles. The van der Waals surface area contributed by atoms with E-state index < -0.39 is 5.54 Å². The van der Waals surface area contributed by atoms with Gasteiger partial charge >= 0.3 is 0 Å². The number of carbonyl (C=O) groups is 1. The summed E-state index contributed by atoms with van der Waals surface area (Å²) in [6, 6.07) is 10.6. The van der Waals surface area contributed by atoms with Crippen LogP contribution >= 0.6 is 0 Å². The van der Waals surface area contributed by atoms with Crippen molar-refractivity contribution in [3.63, 3.8) is 0 Å². The molecule has 1 aromatic carbocycles. The van der Waals surface area contributed by atoms with Crippen LogP contribution in [0.25, 0.3) is 0 Å². The van der Waals surface area contributed by atoms with Gasteiger partial charge in [-0.3, -0.25) is 4.79 Å². The predicted octanol–water partition coefficient (Wildman–Crippen LogP) is 3.13. The van der Waals surface area contributed by atoms with Crippen LogP contribution in [-0.4, -0.2) is 18.0 Å². The third-order valence-electron chi connectivity index (χ3n) is 4.82. The van der Waals surface area contributed by atoms with Crippen molar-refractivity contribution in [3.8, 4) is 0 Å². The highest BCUT2D eigenvalue weighted by atomic mass is 16.2. The molecule has 0 bridgehead atoms. The van der Waals surface area contributed by atoms with E-state index in [0.29, 0.717) is 6.54 Å². The van der Waals surface area contributed by atoms with E-state index in [4.69, 9.17) is 5.73 Å². The zero-order valence-electron chi connectivity index (χ0n) is 13.3. The number of hydrogen-bond acceptors (Lipinski definition) is 2. The van der Waals surface area contributed by atoms with Gasteiger partial charge in [-0.05, 0) is 31.7 Å². The minimum Gasteiger partial charge on any atom is -0.354 e. The van der Waals surface area contributed by atoms with Gasteiger partial charge in [-0.15, -0.1) is 0 Å². The van der Waals surface area contributed by atoms with Crippen LogP contribution in [0.15, 0.2) is 30.3 Å². The molecule has 1 aliphatic carbocycles. The summed E-state index contributed by atoms with van der Waals surface area (Å²) >= 11 is 0. The number of hydrogen-bond donors (Lipinski definition) is 2. The predicted molar refractivity (Wildman–Crippen MR) is 87.1 cm³/mol. The Morgan fingerprint density at radius 1 is 1.29 bits per heavy atom. The van der Waals surface area contributed by atoms with Crippen molar-refractivity contribution in [1.29, 1.82) is 0 Å². The van der Waals surface area contributed by atoms with E-state index in [-0.39, 0.29) is 11.3 Å². The Morgan fingerprint density at radius 3 is 2.48 bits per heavy atom. The van der Waals surface area contributed by atoms with Crippen LogP contribution in [0.2, 0.25) is 0 Å². The lowest BCUT2D eigenvalue weighted by molar-refractivity contribution is -0.126. The SMILES string of the molecule is CCCC(C)(N)C(=O)NCC1(c2ccccc2)CCCC1. The zero-order chi connectivity index (χ0) is 15.3. The van der Waals surface area contributed by atoms with Crippen molar-refractivity contribution in [3.05, 3.63) is 35.9 Å². The lowest BCUT2D eigenvalue weighted by atomic mass is 9.78. The van der Waals surface area contributed by atoms with E-state index in [1.54, 1.807) is 0 Å². The van der Waals surface area contributed by atoms with Crippen LogP contribution in [0.3, 0.4) is 0 Å². The molecule has 0 spiro atoms. The molecule has 1 fully saturated rings. The van der Waals surface area contributed by atoms with Gasteiger partial charge in [-0.25, -0.2) is 0 Å². The molecule has 0 saturated heterocycles. The van der Waals surface area contributed by atoms with E-state index in [0.717, 1.165) is 25.7 Å². The Bertz CT molecular complexity index is 461. The molecule has 1 unspecified atom stereocenters. The van der Waals surface area contributed by atoms with Crippen molar-refractivity contribution < 1.29 is 4.79 Å². The monoisotopic (exact) mass is 288 g/mol. The number of carbonyl (C=O) groups excluding carboxylic acids is 1. The fourth-order valence-corrected chi connectivity index (χ4v) is 3.50. The van der Waals surface area contributed by atoms with Crippen molar-refractivity contribution in [2.45, 2.75) is 63.3 Å². The lowest BCUT2D eigenvalue weighted by Gasteiger charge is -2.32. The standard InChI is InChI=1S/C18H28N2O/c1-3-11-17(2,19)16(21)20-14-18(12-7-8-13-18)15-9-5-4-6-10-15/h4-6,9-10H,3,7-8,11-14,19H2,1-2H3,(H,20,21). The van der Waals surface area contributed by atoms with Gasteiger partial charge in [-0.2, -0.15) is 0 Å². The summed E-state index contributed by atoms with van der Waals surface area (Å²) in [4.78, 5) is 12.3. The molecule has 21 heavy (non-hydrogen) atoms. The van der Waals surface area contributed by atoms with Gasteiger partial charge in [0.05, 0.1) is 5.54 Å². The lowest BCUT2D eigenvalue weighted by Crippen LogP contribution is -2.54. The molecule has 116 valence electrons. The zero-order valence-corrected chi connectivity index (χ0v) is 13.3. The molecule has 1 aliphatic rings. The second-order valence-electron chi connectivity index (χ2n) is 6.70. The molecular formula is C18H28N2O. The maximum atomic E-state index is 12.3. The molecule has 0 aromatic heterocycles. The number of nitrogens with two attached hydrogens (primary N) is 1. The maximum Gasteiger partial charge on any atom is 0.239 e. The van der Waals surface area contributed by atoms with E-state index in [2.05, 4.69) is 36.5 Å². The van der Waals surface area contributed by atoms with Gasteiger partial charge in [0.15, 0.2) is 0 Å². The Kier molecular flexibility index (Phi) is 5.04. The van der Waals surface area contributed by atoms with E-state index in [1.165, 1.54) is 18.4 Å². The van der Waals surface area contributed by atoms with Crippen LogP contribution in [0.5, 0.6) is 0 Å². The quantitative estimate of drug-likeness (QED) is 0.845. The minimum atomic E-state index is -0.759. The third-order valence-corrected chi connectivity index (χ3v) is 4.82. The van der Waals surface area contributed by atoms with Crippen LogP contribution in [-0.2, 0) is 10.2 Å². The number of nitrogens with one attached hydrogen (secondary N) is 1. The van der Waals surface area contributed by atoms with Crippen molar-refractivity contribution in [1.82, 2.24) is 5.32 Å². The Morgan fingerprint density at radius 2 is 1.90 bits per heavy atom. The van der Waals surface area contributed by atoms with Crippen LogP contribution in [0.4, 0.5) is 0 Å². The second-order valence-corrected chi connectivity index (χ2v) is 6.70. The minimum absolute atomic E-state index is 0.0217. The summed E-state index contributed by atoms with van der Waals surface area (Å²) in [7, 11) is 0. The highest BCUT2D eigenvalue weighted by molar-refractivity contribution is 5.85. The molecule has 1 amide bonds. The van der Waals surface area contributed by atoms with Crippen LogP contribution in [0, 0.1) is 0 Å². The normalized spacial score (nSPS) is 20.0. The number of benzene rings is 1. The van der Waals surface area contributed by atoms with E-state index in [9.17, 15) is 4.79 Å². The smallest absolute Gasteiger partial charge is 0.239 e. The highest BCUT2D eigenvalue weighted by Gasteiger charge is 2.37. The summed E-state index contributed by atoms with van der Waals surface area (Å²) < 4.78 is 0. The number of amides is 1. The molecule has 0 aliphatic heterocycles. The molecule has 0 radical (unpaired) electrons. The number of rotatable bonds is 6. The van der Waals surface area contributed by atoms with Gasteiger partial charge < -0.3 is 11.1 Å². The van der Waals surface area contributed by atoms with Crippen molar-refractivity contribution >= 4 is 5.91 Å². The second kappa shape index (κ2) is 6.61. The van der Waals surface area contributed by atoms with E-state index >= 15 is 0 Å². The molecule has 1 saturated carbocycles. The molecule has 3 N–H and O–H groups in total. The molecule has 1 atom stereocenters. The maximum absolute atomic E-state index is 12.3. The molecule has 3 nitrogen and oxygen atoms in total. The fraction of sp³-hybridized carbons (Fsp3) is 0.611.